The lowest BCUT2D eigenvalue weighted by Gasteiger charge is -2.28. The number of hydrogen-bond acceptors (Lipinski definition) is 4. The Balaban J connectivity index is 2.14. The minimum atomic E-state index is -0.148. The summed E-state index contributed by atoms with van der Waals surface area (Å²) in [7, 11) is 5.19. The van der Waals surface area contributed by atoms with Gasteiger partial charge in [-0.25, -0.2) is 0 Å². The van der Waals surface area contributed by atoms with Crippen LogP contribution in [0.5, 0.6) is 0 Å². The zero-order valence-corrected chi connectivity index (χ0v) is 18.5. The lowest BCUT2D eigenvalue weighted by Crippen LogP contribution is -2.44. The average Bonchev–Trinajstić information content (AvgIpc) is 3.14. The van der Waals surface area contributed by atoms with Crippen LogP contribution in [-0.4, -0.2) is 73.2 Å². The Kier molecular flexibility index (Phi) is 9.57. The maximum absolute atomic E-state index is 13.2. The van der Waals surface area contributed by atoms with Crippen LogP contribution in [0.15, 0.2) is 42.6 Å². The van der Waals surface area contributed by atoms with Crippen molar-refractivity contribution in [2.45, 2.75) is 19.9 Å². The van der Waals surface area contributed by atoms with Gasteiger partial charge >= 0.3 is 0 Å². The van der Waals surface area contributed by atoms with Crippen LogP contribution in [-0.2, 0) is 27.9 Å². The van der Waals surface area contributed by atoms with Gasteiger partial charge in [-0.15, -0.1) is 0 Å². The van der Waals surface area contributed by atoms with Gasteiger partial charge in [-0.05, 0) is 37.6 Å². The lowest BCUT2D eigenvalue weighted by molar-refractivity contribution is -0.133. The molecule has 2 amide bonds. The van der Waals surface area contributed by atoms with E-state index in [1.165, 1.54) is 0 Å². The fourth-order valence-electron chi connectivity index (χ4n) is 3.14. The zero-order valence-electron chi connectivity index (χ0n) is 18.5. The van der Waals surface area contributed by atoms with E-state index >= 15 is 0 Å². The summed E-state index contributed by atoms with van der Waals surface area (Å²) in [5, 5.41) is 0. The van der Waals surface area contributed by atoms with Gasteiger partial charge in [0.2, 0.25) is 5.91 Å². The van der Waals surface area contributed by atoms with Gasteiger partial charge in [0, 0.05) is 58.4 Å². The average molecular weight is 416 g/mol. The number of hydrogen-bond donors (Lipinski definition) is 0. The molecule has 0 aliphatic heterocycles. The first kappa shape index (κ1) is 23.6. The van der Waals surface area contributed by atoms with Gasteiger partial charge < -0.3 is 23.8 Å². The predicted octanol–water partition coefficient (Wildman–Crippen LogP) is 2.49. The van der Waals surface area contributed by atoms with E-state index in [0.29, 0.717) is 44.8 Å². The van der Waals surface area contributed by atoms with E-state index in [0.717, 1.165) is 11.3 Å². The first-order valence-corrected chi connectivity index (χ1v) is 10.2. The zero-order chi connectivity index (χ0) is 21.9. The standard InChI is InChI=1S/C23H33N3O4/c1-19-8-10-20(11-9-19)23(28)26(13-6-15-29-3)18-22(27)25(14-16-30-4)17-21-7-5-12-24(21)2/h5,7-12H,6,13-18H2,1-4H3. The number of carbonyl (C=O) groups is 2. The maximum Gasteiger partial charge on any atom is 0.254 e. The van der Waals surface area contributed by atoms with Crippen molar-refractivity contribution >= 4 is 11.8 Å². The molecule has 0 N–H and O–H groups in total. The van der Waals surface area contributed by atoms with Crippen molar-refractivity contribution in [1.29, 1.82) is 0 Å². The fourth-order valence-corrected chi connectivity index (χ4v) is 3.14. The highest BCUT2D eigenvalue weighted by molar-refractivity contribution is 5.96. The minimum absolute atomic E-state index is 0.0184. The van der Waals surface area contributed by atoms with Gasteiger partial charge in [-0.2, -0.15) is 0 Å². The molecule has 0 unspecified atom stereocenters. The van der Waals surface area contributed by atoms with Crippen molar-refractivity contribution < 1.29 is 19.1 Å². The van der Waals surface area contributed by atoms with Crippen LogP contribution in [0, 0.1) is 6.92 Å². The Morgan fingerprint density at radius 2 is 1.67 bits per heavy atom. The molecule has 2 rings (SSSR count). The van der Waals surface area contributed by atoms with Crippen molar-refractivity contribution in [3.05, 3.63) is 59.4 Å². The molecule has 0 saturated carbocycles. The Morgan fingerprint density at radius 1 is 0.967 bits per heavy atom. The van der Waals surface area contributed by atoms with Gasteiger partial charge in [0.15, 0.2) is 0 Å². The molecule has 0 aliphatic rings. The quantitative estimate of drug-likeness (QED) is 0.500. The lowest BCUT2D eigenvalue weighted by atomic mass is 10.1. The first-order valence-electron chi connectivity index (χ1n) is 10.2. The molecule has 1 aromatic carbocycles. The predicted molar refractivity (Wildman–Crippen MR) is 116 cm³/mol. The van der Waals surface area contributed by atoms with E-state index in [4.69, 9.17) is 9.47 Å². The molecule has 0 aliphatic carbocycles. The van der Waals surface area contributed by atoms with Gasteiger partial charge in [0.1, 0.15) is 6.54 Å². The molecule has 0 saturated heterocycles. The number of methoxy groups -OCH3 is 2. The van der Waals surface area contributed by atoms with E-state index in [1.807, 2.05) is 49.0 Å². The number of nitrogens with zero attached hydrogens (tertiary/aromatic N) is 3. The number of ether oxygens (including phenoxy) is 2. The number of aromatic nitrogens is 1. The third kappa shape index (κ3) is 7.00. The Morgan fingerprint density at radius 3 is 2.27 bits per heavy atom. The normalized spacial score (nSPS) is 10.8. The van der Waals surface area contributed by atoms with Gasteiger partial charge in [0.05, 0.1) is 13.2 Å². The van der Waals surface area contributed by atoms with E-state index in [9.17, 15) is 9.59 Å². The second-order valence-electron chi connectivity index (χ2n) is 7.36. The molecule has 7 heteroatoms. The SMILES string of the molecule is COCCCN(CC(=O)N(CCOC)Cc1cccn1C)C(=O)c1ccc(C)cc1. The summed E-state index contributed by atoms with van der Waals surface area (Å²) < 4.78 is 12.3. The number of benzene rings is 1. The minimum Gasteiger partial charge on any atom is -0.385 e. The van der Waals surface area contributed by atoms with Crippen LogP contribution in [0.4, 0.5) is 0 Å². The molecule has 164 valence electrons. The van der Waals surface area contributed by atoms with Gasteiger partial charge in [-0.1, -0.05) is 17.7 Å². The van der Waals surface area contributed by atoms with Crippen LogP contribution < -0.4 is 0 Å². The molecule has 30 heavy (non-hydrogen) atoms. The highest BCUT2D eigenvalue weighted by Crippen LogP contribution is 2.11. The van der Waals surface area contributed by atoms with Crippen LogP contribution >= 0.6 is 0 Å². The molecule has 1 aromatic heterocycles. The maximum atomic E-state index is 13.2. The van der Waals surface area contributed by atoms with E-state index < -0.39 is 0 Å². The monoisotopic (exact) mass is 415 g/mol. The Labute approximate surface area is 179 Å². The van der Waals surface area contributed by atoms with Crippen LogP contribution in [0.25, 0.3) is 0 Å². The second-order valence-corrected chi connectivity index (χ2v) is 7.36. The summed E-state index contributed by atoms with van der Waals surface area (Å²) in [6, 6.07) is 11.4. The summed E-state index contributed by atoms with van der Waals surface area (Å²) >= 11 is 0. The van der Waals surface area contributed by atoms with Crippen LogP contribution in [0.3, 0.4) is 0 Å². The number of amides is 2. The van der Waals surface area contributed by atoms with E-state index in [1.54, 1.807) is 36.2 Å². The molecule has 0 bridgehead atoms. The highest BCUT2D eigenvalue weighted by atomic mass is 16.5. The number of aryl methyl sites for hydroxylation is 2. The van der Waals surface area contributed by atoms with Crippen molar-refractivity contribution in [1.82, 2.24) is 14.4 Å². The molecule has 0 fully saturated rings. The fraction of sp³-hybridized carbons (Fsp3) is 0.478. The molecule has 2 aromatic rings. The summed E-state index contributed by atoms with van der Waals surface area (Å²) in [5.74, 6) is -0.254. The van der Waals surface area contributed by atoms with Crippen LogP contribution in [0.2, 0.25) is 0 Å². The largest absolute Gasteiger partial charge is 0.385 e. The van der Waals surface area contributed by atoms with Crippen molar-refractivity contribution in [3.8, 4) is 0 Å². The van der Waals surface area contributed by atoms with Crippen molar-refractivity contribution in [3.63, 3.8) is 0 Å². The molecular weight excluding hydrogens is 382 g/mol. The molecule has 0 spiro atoms. The third-order valence-corrected chi connectivity index (χ3v) is 5.01. The van der Waals surface area contributed by atoms with Crippen molar-refractivity contribution in [2.24, 2.45) is 7.05 Å². The van der Waals surface area contributed by atoms with Gasteiger partial charge in [-0.3, -0.25) is 9.59 Å². The third-order valence-electron chi connectivity index (χ3n) is 5.01. The molecule has 1 heterocycles. The topological polar surface area (TPSA) is 64.0 Å². The molecule has 0 radical (unpaired) electrons. The summed E-state index contributed by atoms with van der Waals surface area (Å²) in [6.07, 6.45) is 2.61. The smallest absolute Gasteiger partial charge is 0.254 e. The first-order chi connectivity index (χ1) is 14.5. The highest BCUT2D eigenvalue weighted by Gasteiger charge is 2.22. The summed E-state index contributed by atoms with van der Waals surface area (Å²) in [5.41, 5.74) is 2.69. The summed E-state index contributed by atoms with van der Waals surface area (Å²) in [4.78, 5) is 29.6. The van der Waals surface area contributed by atoms with Crippen molar-refractivity contribution in [2.75, 3.05) is 47.1 Å². The number of rotatable bonds is 12. The van der Waals surface area contributed by atoms with Crippen LogP contribution in [0.1, 0.15) is 28.0 Å². The summed E-state index contributed by atoms with van der Waals surface area (Å²) in [6.45, 7) is 4.35. The Hall–Kier alpha value is -2.64. The molecular formula is C23H33N3O4. The second kappa shape index (κ2) is 12.1. The Bertz CT molecular complexity index is 801. The molecule has 7 nitrogen and oxygen atoms in total. The number of carbonyl (C=O) groups excluding carboxylic acids is 2. The van der Waals surface area contributed by atoms with E-state index in [2.05, 4.69) is 0 Å². The van der Waals surface area contributed by atoms with E-state index in [-0.39, 0.29) is 18.4 Å². The van der Waals surface area contributed by atoms with Gasteiger partial charge in [0.25, 0.3) is 5.91 Å². The molecule has 0 atom stereocenters.